The minimum Gasteiger partial charge on any atom is -0.249 e. The molecule has 2 nitrogen and oxygen atoms in total. The molecule has 0 unspecified atom stereocenters. The van der Waals surface area contributed by atoms with Crippen LogP contribution in [0.15, 0.2) is 55.1 Å². The lowest BCUT2D eigenvalue weighted by Gasteiger charge is -2.10. The number of benzene rings is 2. The average molecular weight is 304 g/mol. The van der Waals surface area contributed by atoms with Gasteiger partial charge in [-0.25, -0.2) is 14.4 Å². The summed E-state index contributed by atoms with van der Waals surface area (Å²) >= 11 is 0. The van der Waals surface area contributed by atoms with Crippen LogP contribution in [-0.2, 0) is 0 Å². The molecule has 0 radical (unpaired) electrons. The minimum absolute atomic E-state index is 0.259. The quantitative estimate of drug-likeness (QED) is 0.617. The molecule has 0 saturated carbocycles. The molecule has 23 heavy (non-hydrogen) atoms. The third kappa shape index (κ3) is 2.90. The molecule has 0 bridgehead atoms. The molecule has 0 aliphatic heterocycles. The van der Waals surface area contributed by atoms with E-state index in [4.69, 9.17) is 4.98 Å². The molecule has 0 amide bonds. The molecule has 1 heterocycles. The molecule has 3 aromatic rings. The van der Waals surface area contributed by atoms with Crippen LogP contribution in [0.5, 0.6) is 0 Å². The summed E-state index contributed by atoms with van der Waals surface area (Å²) in [7, 11) is 0. The van der Waals surface area contributed by atoms with Gasteiger partial charge in [0.15, 0.2) is 0 Å². The molecular weight excluding hydrogens is 287 g/mol. The van der Waals surface area contributed by atoms with Crippen molar-refractivity contribution < 1.29 is 4.39 Å². The number of aryl methyl sites for hydroxylation is 2. The van der Waals surface area contributed by atoms with Crippen molar-refractivity contribution in [1.29, 1.82) is 0 Å². The predicted octanol–water partition coefficient (Wildman–Crippen LogP) is 5.25. The number of nitrogens with zero attached hydrogens (tertiary/aromatic N) is 2. The van der Waals surface area contributed by atoms with E-state index in [1.54, 1.807) is 18.2 Å². The highest BCUT2D eigenvalue weighted by Gasteiger charge is 2.11. The number of halogens is 1. The second-order valence-electron chi connectivity index (χ2n) is 5.42. The molecule has 114 valence electrons. The molecule has 1 aromatic heterocycles. The van der Waals surface area contributed by atoms with Gasteiger partial charge >= 0.3 is 0 Å². The van der Waals surface area contributed by atoms with E-state index in [0.29, 0.717) is 0 Å². The molecule has 3 heteroatoms. The van der Waals surface area contributed by atoms with Crippen molar-refractivity contribution in [2.75, 3.05) is 0 Å². The van der Waals surface area contributed by atoms with E-state index in [1.807, 2.05) is 38.1 Å². The van der Waals surface area contributed by atoms with Crippen molar-refractivity contribution in [3.8, 4) is 11.3 Å². The first kappa shape index (κ1) is 15.1. The van der Waals surface area contributed by atoms with Gasteiger partial charge in [-0.15, -0.1) is 0 Å². The van der Waals surface area contributed by atoms with Crippen LogP contribution < -0.4 is 0 Å². The zero-order chi connectivity index (χ0) is 16.4. The Morgan fingerprint density at radius 2 is 1.74 bits per heavy atom. The zero-order valence-corrected chi connectivity index (χ0v) is 13.2. The lowest BCUT2D eigenvalue weighted by atomic mass is 10.0. The monoisotopic (exact) mass is 304 g/mol. The Morgan fingerprint density at radius 1 is 1.00 bits per heavy atom. The van der Waals surface area contributed by atoms with Gasteiger partial charge in [0.05, 0.1) is 22.4 Å². The summed E-state index contributed by atoms with van der Waals surface area (Å²) in [6.07, 6.45) is 5.62. The number of rotatable bonds is 3. The minimum atomic E-state index is -0.259. The molecule has 0 saturated heterocycles. The topological polar surface area (TPSA) is 25.8 Å². The van der Waals surface area contributed by atoms with Crippen LogP contribution in [0, 0.1) is 19.7 Å². The Balaban J connectivity index is 2.28. The number of fused-ring (bicyclic) bond motifs is 1. The van der Waals surface area contributed by atoms with E-state index >= 15 is 0 Å². The van der Waals surface area contributed by atoms with Crippen LogP contribution in [0.4, 0.5) is 4.39 Å². The fraction of sp³-hybridized carbons (Fsp3) is 0.100. The Labute approximate surface area is 135 Å². The fourth-order valence-electron chi connectivity index (χ4n) is 2.59. The lowest BCUT2D eigenvalue weighted by molar-refractivity contribution is 0.628. The Bertz CT molecular complexity index is 909. The highest BCUT2D eigenvalue weighted by atomic mass is 19.1. The van der Waals surface area contributed by atoms with E-state index in [1.165, 1.54) is 12.1 Å². The third-order valence-electron chi connectivity index (χ3n) is 3.78. The number of hydrogen-bond donors (Lipinski definition) is 0. The van der Waals surface area contributed by atoms with Gasteiger partial charge in [0, 0.05) is 11.1 Å². The SMILES string of the molecule is C=C/C=C\c1c(C)ccc2nc(C)c(-c3ccc(F)cc3)nc12. The predicted molar refractivity (Wildman–Crippen MR) is 93.6 cm³/mol. The van der Waals surface area contributed by atoms with Crippen LogP contribution in [0.1, 0.15) is 16.8 Å². The summed E-state index contributed by atoms with van der Waals surface area (Å²) in [6.45, 7) is 7.68. The van der Waals surface area contributed by atoms with E-state index in [2.05, 4.69) is 11.6 Å². The van der Waals surface area contributed by atoms with Crippen LogP contribution in [0.25, 0.3) is 28.4 Å². The van der Waals surface area contributed by atoms with Crippen LogP contribution in [-0.4, -0.2) is 9.97 Å². The normalized spacial score (nSPS) is 11.3. The summed E-state index contributed by atoms with van der Waals surface area (Å²) in [5.74, 6) is -0.259. The summed E-state index contributed by atoms with van der Waals surface area (Å²) in [6, 6.07) is 10.4. The molecule has 0 N–H and O–H groups in total. The first-order valence-corrected chi connectivity index (χ1v) is 7.43. The lowest BCUT2D eigenvalue weighted by Crippen LogP contribution is -1.97. The summed E-state index contributed by atoms with van der Waals surface area (Å²) in [4.78, 5) is 9.49. The van der Waals surface area contributed by atoms with E-state index in [0.717, 1.165) is 39.1 Å². The first-order chi connectivity index (χ1) is 11.1. The van der Waals surface area contributed by atoms with Crippen LogP contribution in [0.2, 0.25) is 0 Å². The molecule has 0 aliphatic rings. The van der Waals surface area contributed by atoms with Crippen molar-refractivity contribution in [3.63, 3.8) is 0 Å². The molecule has 2 aromatic carbocycles. The van der Waals surface area contributed by atoms with Gasteiger partial charge in [-0.1, -0.05) is 30.9 Å². The molecule has 0 fully saturated rings. The fourth-order valence-corrected chi connectivity index (χ4v) is 2.59. The van der Waals surface area contributed by atoms with Crippen molar-refractivity contribution in [2.45, 2.75) is 13.8 Å². The van der Waals surface area contributed by atoms with Crippen molar-refractivity contribution in [3.05, 3.63) is 77.8 Å². The zero-order valence-electron chi connectivity index (χ0n) is 13.2. The van der Waals surface area contributed by atoms with Gasteiger partial charge in [-0.2, -0.15) is 0 Å². The van der Waals surface area contributed by atoms with Crippen molar-refractivity contribution in [1.82, 2.24) is 9.97 Å². The maximum Gasteiger partial charge on any atom is 0.123 e. The highest BCUT2D eigenvalue weighted by molar-refractivity contribution is 5.88. The molecule has 0 atom stereocenters. The second kappa shape index (κ2) is 6.13. The molecule has 0 spiro atoms. The van der Waals surface area contributed by atoms with Gasteiger partial charge in [0.1, 0.15) is 5.82 Å². The Kier molecular flexibility index (Phi) is 4.02. The van der Waals surface area contributed by atoms with Crippen molar-refractivity contribution in [2.24, 2.45) is 0 Å². The molecule has 0 aliphatic carbocycles. The highest BCUT2D eigenvalue weighted by Crippen LogP contribution is 2.27. The van der Waals surface area contributed by atoms with Gasteiger partial charge < -0.3 is 0 Å². The van der Waals surface area contributed by atoms with Gasteiger partial charge in [-0.05, 0) is 49.7 Å². The number of aromatic nitrogens is 2. The van der Waals surface area contributed by atoms with Crippen LogP contribution in [0.3, 0.4) is 0 Å². The third-order valence-corrected chi connectivity index (χ3v) is 3.78. The van der Waals surface area contributed by atoms with E-state index in [9.17, 15) is 4.39 Å². The summed E-state index contributed by atoms with van der Waals surface area (Å²) in [5, 5.41) is 0. The van der Waals surface area contributed by atoms with Gasteiger partial charge in [-0.3, -0.25) is 0 Å². The van der Waals surface area contributed by atoms with Gasteiger partial charge in [0.2, 0.25) is 0 Å². The Hall–Kier alpha value is -2.81. The molecule has 3 rings (SSSR count). The first-order valence-electron chi connectivity index (χ1n) is 7.43. The largest absolute Gasteiger partial charge is 0.249 e. The van der Waals surface area contributed by atoms with E-state index in [-0.39, 0.29) is 5.82 Å². The average Bonchev–Trinajstić information content (AvgIpc) is 2.55. The number of allylic oxidation sites excluding steroid dienone is 2. The van der Waals surface area contributed by atoms with E-state index < -0.39 is 0 Å². The smallest absolute Gasteiger partial charge is 0.123 e. The maximum absolute atomic E-state index is 13.2. The molecular formula is C20H17FN2. The number of hydrogen-bond acceptors (Lipinski definition) is 2. The Morgan fingerprint density at radius 3 is 2.43 bits per heavy atom. The standard InChI is InChI=1S/C20H17FN2/c1-4-5-6-17-13(2)7-12-18-20(17)23-19(14(3)22-18)15-8-10-16(21)11-9-15/h4-12H,1H2,2-3H3/b6-5-. The summed E-state index contributed by atoms with van der Waals surface area (Å²) in [5.41, 5.74) is 6.30. The van der Waals surface area contributed by atoms with Crippen molar-refractivity contribution >= 4 is 17.1 Å². The van der Waals surface area contributed by atoms with Crippen LogP contribution >= 0.6 is 0 Å². The maximum atomic E-state index is 13.2. The second-order valence-corrected chi connectivity index (χ2v) is 5.42. The summed E-state index contributed by atoms with van der Waals surface area (Å²) < 4.78 is 13.2. The van der Waals surface area contributed by atoms with Gasteiger partial charge in [0.25, 0.3) is 0 Å².